The maximum atomic E-state index is 2.29. The summed E-state index contributed by atoms with van der Waals surface area (Å²) in [6.07, 6.45) is 17.0. The molecular weight excluding hydrogens is 351 g/mol. The largest absolute Gasteiger partial charge is 0.125 e. The minimum absolute atomic E-state index is 0.307. The van der Waals surface area contributed by atoms with Crippen LogP contribution >= 0.6 is 19.7 Å². The van der Waals surface area contributed by atoms with Crippen molar-refractivity contribution in [1.29, 1.82) is 0 Å². The number of benzene rings is 1. The third-order valence-corrected chi connectivity index (χ3v) is 12.8. The van der Waals surface area contributed by atoms with Crippen LogP contribution in [0.3, 0.4) is 0 Å². The monoisotopic (exact) mass is 388 g/mol. The molecule has 2 atom stereocenters. The summed E-state index contributed by atoms with van der Waals surface area (Å²) in [4.78, 5) is 1.57. The highest BCUT2D eigenvalue weighted by Gasteiger charge is 2.48. The van der Waals surface area contributed by atoms with Gasteiger partial charge in [-0.1, -0.05) is 64.6 Å². The van der Waals surface area contributed by atoms with Gasteiger partial charge in [0, 0.05) is 10.6 Å². The Morgan fingerprint density at radius 2 is 1.38 bits per heavy atom. The molecular formula is C24H37PS. The van der Waals surface area contributed by atoms with E-state index >= 15 is 0 Å². The van der Waals surface area contributed by atoms with Crippen LogP contribution in [0, 0.1) is 19.8 Å². The van der Waals surface area contributed by atoms with E-state index in [0.717, 1.165) is 22.9 Å². The molecule has 1 aromatic carbocycles. The van der Waals surface area contributed by atoms with E-state index in [1.165, 1.54) is 55.4 Å². The summed E-state index contributed by atoms with van der Waals surface area (Å²) in [6.45, 7) is 4.58. The van der Waals surface area contributed by atoms with Gasteiger partial charge in [-0.15, -0.1) is 11.8 Å². The summed E-state index contributed by atoms with van der Waals surface area (Å²) in [7, 11) is 0.307. The zero-order valence-electron chi connectivity index (χ0n) is 16.9. The van der Waals surface area contributed by atoms with Crippen molar-refractivity contribution < 1.29 is 0 Å². The lowest BCUT2D eigenvalue weighted by atomic mass is 9.99. The van der Waals surface area contributed by atoms with Crippen LogP contribution in [0.5, 0.6) is 0 Å². The van der Waals surface area contributed by atoms with Crippen LogP contribution in [-0.2, 0) is 0 Å². The van der Waals surface area contributed by atoms with Gasteiger partial charge in [-0.25, -0.2) is 0 Å². The van der Waals surface area contributed by atoms with E-state index in [1.807, 2.05) is 0 Å². The fourth-order valence-electron chi connectivity index (χ4n) is 5.59. The molecule has 0 aliphatic heterocycles. The zero-order chi connectivity index (χ0) is 17.9. The first-order valence-electron chi connectivity index (χ1n) is 11.2. The first kappa shape index (κ1) is 19.3. The van der Waals surface area contributed by atoms with Crippen molar-refractivity contribution in [3.8, 4) is 0 Å². The Morgan fingerprint density at radius 1 is 0.846 bits per heavy atom. The van der Waals surface area contributed by atoms with Gasteiger partial charge in [0.2, 0.25) is 0 Å². The summed E-state index contributed by atoms with van der Waals surface area (Å²) in [5.41, 5.74) is 6.38. The molecule has 3 aliphatic carbocycles. The van der Waals surface area contributed by atoms with Gasteiger partial charge in [-0.3, -0.25) is 0 Å². The van der Waals surface area contributed by atoms with Gasteiger partial charge in [-0.05, 0) is 80.0 Å². The molecule has 0 aromatic heterocycles. The molecule has 0 nitrogen and oxygen atoms in total. The molecule has 0 radical (unpaired) electrons. The van der Waals surface area contributed by atoms with Gasteiger partial charge in [0.05, 0.1) is 0 Å². The summed E-state index contributed by atoms with van der Waals surface area (Å²) >= 11 is 2.17. The summed E-state index contributed by atoms with van der Waals surface area (Å²) < 4.78 is 0. The number of thioether (sulfide) groups is 1. The van der Waals surface area contributed by atoms with Crippen LogP contribution < -0.4 is 0 Å². The smallest absolute Gasteiger partial charge is 0.0130 e. The van der Waals surface area contributed by atoms with Crippen LogP contribution in [0.25, 0.3) is 0 Å². The second-order valence-electron chi connectivity index (χ2n) is 9.13. The van der Waals surface area contributed by atoms with Gasteiger partial charge < -0.3 is 0 Å². The van der Waals surface area contributed by atoms with E-state index in [2.05, 4.69) is 43.8 Å². The van der Waals surface area contributed by atoms with E-state index in [9.17, 15) is 0 Å². The van der Waals surface area contributed by atoms with Crippen molar-refractivity contribution in [2.75, 3.05) is 5.75 Å². The fraction of sp³-hybridized carbons (Fsp3) is 0.750. The van der Waals surface area contributed by atoms with Gasteiger partial charge in [-0.2, -0.15) is 0 Å². The van der Waals surface area contributed by atoms with Gasteiger partial charge in [0.25, 0.3) is 0 Å². The van der Waals surface area contributed by atoms with Crippen molar-refractivity contribution in [3.63, 3.8) is 0 Å². The van der Waals surface area contributed by atoms with Crippen molar-refractivity contribution >= 4 is 19.7 Å². The lowest BCUT2D eigenvalue weighted by Gasteiger charge is -2.39. The normalized spacial score (nSPS) is 27.8. The molecule has 0 unspecified atom stereocenters. The maximum Gasteiger partial charge on any atom is 0.0130 e. The van der Waals surface area contributed by atoms with Crippen molar-refractivity contribution in [2.45, 2.75) is 106 Å². The molecule has 0 bridgehead atoms. The molecule has 0 spiro atoms. The van der Waals surface area contributed by atoms with Crippen LogP contribution in [0.4, 0.5) is 0 Å². The average molecular weight is 389 g/mol. The van der Waals surface area contributed by atoms with Crippen LogP contribution in [0.15, 0.2) is 23.1 Å². The predicted molar refractivity (Wildman–Crippen MR) is 119 cm³/mol. The number of rotatable bonds is 6. The molecule has 3 aliphatic rings. The molecule has 3 saturated carbocycles. The average Bonchev–Trinajstić information content (AvgIpc) is 3.42. The Morgan fingerprint density at radius 3 is 1.92 bits per heavy atom. The Kier molecular flexibility index (Phi) is 6.69. The topological polar surface area (TPSA) is 0 Å². The van der Waals surface area contributed by atoms with Crippen molar-refractivity contribution in [1.82, 2.24) is 0 Å². The molecule has 144 valence electrons. The molecule has 0 N–H and O–H groups in total. The molecule has 26 heavy (non-hydrogen) atoms. The van der Waals surface area contributed by atoms with E-state index in [4.69, 9.17) is 0 Å². The number of hydrogen-bond acceptors (Lipinski definition) is 1. The Labute approximate surface area is 167 Å². The van der Waals surface area contributed by atoms with Gasteiger partial charge in [0.1, 0.15) is 0 Å². The van der Waals surface area contributed by atoms with E-state index < -0.39 is 0 Å². The van der Waals surface area contributed by atoms with Crippen LogP contribution in [0.2, 0.25) is 0 Å². The lowest BCUT2D eigenvalue weighted by Crippen LogP contribution is -2.23. The Bertz CT molecular complexity index is 548. The molecule has 3 fully saturated rings. The predicted octanol–water partition coefficient (Wildman–Crippen LogP) is 7.93. The lowest BCUT2D eigenvalue weighted by molar-refractivity contribution is 0.483. The molecule has 2 heteroatoms. The summed E-state index contributed by atoms with van der Waals surface area (Å²) in [5.74, 6) is 2.42. The second kappa shape index (κ2) is 9.00. The number of hydrogen-bond donors (Lipinski definition) is 0. The van der Waals surface area contributed by atoms with Crippen LogP contribution in [0.1, 0.15) is 81.8 Å². The van der Waals surface area contributed by atoms with E-state index in [0.29, 0.717) is 7.92 Å². The standard InChI is InChI=1S/C24H37PS/c1-18-10-9-11-19(2)24(18)26-17-20-16-23(20)25(21-12-5-3-6-13-21)22-14-7-4-8-15-22/h9-11,20-23H,3-8,12-17H2,1-2H3/t20-,23-/m1/s1. The minimum Gasteiger partial charge on any atom is -0.125 e. The molecule has 0 saturated heterocycles. The SMILES string of the molecule is Cc1cccc(C)c1SC[C@H]1C[C@H]1P(C1CCCCC1)C1CCCCC1. The van der Waals surface area contributed by atoms with Gasteiger partial charge >= 0.3 is 0 Å². The highest BCUT2D eigenvalue weighted by molar-refractivity contribution is 7.99. The molecule has 4 rings (SSSR count). The molecule has 0 heterocycles. The minimum atomic E-state index is 0.307. The zero-order valence-corrected chi connectivity index (χ0v) is 18.6. The fourth-order valence-corrected chi connectivity index (χ4v) is 11.8. The van der Waals surface area contributed by atoms with E-state index in [1.54, 1.807) is 37.0 Å². The summed E-state index contributed by atoms with van der Waals surface area (Å²) in [6, 6.07) is 6.79. The Hall–Kier alpha value is -0.0000000000000000555. The highest BCUT2D eigenvalue weighted by Crippen LogP contribution is 2.68. The first-order chi connectivity index (χ1) is 12.7. The third kappa shape index (κ3) is 4.52. The maximum absolute atomic E-state index is 2.29. The Balaban J connectivity index is 1.39. The highest BCUT2D eigenvalue weighted by atomic mass is 32.2. The first-order valence-corrected chi connectivity index (χ1v) is 13.7. The van der Waals surface area contributed by atoms with Crippen LogP contribution in [-0.4, -0.2) is 22.7 Å². The second-order valence-corrected chi connectivity index (χ2v) is 13.2. The number of aryl methyl sites for hydroxylation is 2. The third-order valence-electron chi connectivity index (χ3n) is 7.11. The quantitative estimate of drug-likeness (QED) is 0.352. The van der Waals surface area contributed by atoms with Gasteiger partial charge in [0.15, 0.2) is 0 Å². The van der Waals surface area contributed by atoms with Crippen molar-refractivity contribution in [2.24, 2.45) is 5.92 Å². The molecule has 0 amide bonds. The summed E-state index contributed by atoms with van der Waals surface area (Å²) in [5, 5.41) is 0. The van der Waals surface area contributed by atoms with Crippen molar-refractivity contribution in [3.05, 3.63) is 29.3 Å². The molecule has 1 aromatic rings. The van der Waals surface area contributed by atoms with E-state index in [-0.39, 0.29) is 0 Å².